The van der Waals surface area contributed by atoms with Crippen molar-refractivity contribution in [3.8, 4) is 23.0 Å². The van der Waals surface area contributed by atoms with Crippen LogP contribution in [0.1, 0.15) is 17.3 Å². The van der Waals surface area contributed by atoms with E-state index in [2.05, 4.69) is 0 Å². The fourth-order valence-corrected chi connectivity index (χ4v) is 2.24. The van der Waals surface area contributed by atoms with Gasteiger partial charge in [0.1, 0.15) is 23.0 Å². The largest absolute Gasteiger partial charge is 0.457 e. The molecule has 0 aliphatic rings. The van der Waals surface area contributed by atoms with E-state index in [1.165, 1.54) is 6.92 Å². The number of carbonyl (C=O) groups excluding carboxylic acids is 1. The van der Waals surface area contributed by atoms with Gasteiger partial charge in [0, 0.05) is 23.0 Å². The highest BCUT2D eigenvalue weighted by atomic mass is 16.5. The van der Waals surface area contributed by atoms with E-state index in [9.17, 15) is 4.79 Å². The lowest BCUT2D eigenvalue weighted by molar-refractivity contribution is 0.101. The molecule has 0 radical (unpaired) electrons. The Hall–Kier alpha value is -3.47. The van der Waals surface area contributed by atoms with E-state index in [1.54, 1.807) is 66.7 Å². The van der Waals surface area contributed by atoms with Crippen molar-refractivity contribution in [1.29, 1.82) is 0 Å². The molecule has 0 heterocycles. The molecule has 0 unspecified atom stereocenters. The zero-order valence-corrected chi connectivity index (χ0v) is 13.7. The zero-order valence-electron chi connectivity index (χ0n) is 13.7. The van der Waals surface area contributed by atoms with E-state index in [0.717, 1.165) is 0 Å². The highest BCUT2D eigenvalue weighted by Crippen LogP contribution is 2.31. The molecule has 25 heavy (non-hydrogen) atoms. The summed E-state index contributed by atoms with van der Waals surface area (Å²) in [6.07, 6.45) is 0. The third-order valence-corrected chi connectivity index (χ3v) is 3.52. The van der Waals surface area contributed by atoms with E-state index in [1.807, 2.05) is 0 Å². The van der Waals surface area contributed by atoms with Gasteiger partial charge in [-0.1, -0.05) is 0 Å². The molecule has 0 aliphatic heterocycles. The van der Waals surface area contributed by atoms with Crippen molar-refractivity contribution < 1.29 is 14.3 Å². The molecule has 0 bridgehead atoms. The minimum Gasteiger partial charge on any atom is -0.457 e. The molecule has 0 aliphatic carbocycles. The summed E-state index contributed by atoms with van der Waals surface area (Å²) in [5, 5.41) is 0. The molecule has 0 fully saturated rings. The summed E-state index contributed by atoms with van der Waals surface area (Å²) < 4.78 is 11.6. The molecule has 0 aromatic heterocycles. The van der Waals surface area contributed by atoms with Gasteiger partial charge in [0.25, 0.3) is 0 Å². The summed E-state index contributed by atoms with van der Waals surface area (Å²) >= 11 is 0. The summed E-state index contributed by atoms with van der Waals surface area (Å²) in [5.41, 5.74) is 13.1. The number of rotatable bonds is 5. The van der Waals surface area contributed by atoms with Crippen LogP contribution in [-0.4, -0.2) is 5.78 Å². The van der Waals surface area contributed by atoms with E-state index < -0.39 is 0 Å². The Kier molecular flexibility index (Phi) is 4.57. The highest BCUT2D eigenvalue weighted by Gasteiger charge is 2.09. The smallest absolute Gasteiger partial charge is 0.160 e. The molecule has 4 N–H and O–H groups in total. The molecule has 3 aromatic rings. The van der Waals surface area contributed by atoms with Crippen LogP contribution < -0.4 is 20.9 Å². The summed E-state index contributed by atoms with van der Waals surface area (Å²) in [5.74, 6) is 2.16. The Morgan fingerprint density at radius 1 is 0.680 bits per heavy atom. The highest BCUT2D eigenvalue weighted by molar-refractivity contribution is 5.95. The average molecular weight is 334 g/mol. The van der Waals surface area contributed by atoms with E-state index in [0.29, 0.717) is 39.9 Å². The molecule has 126 valence electrons. The fourth-order valence-electron chi connectivity index (χ4n) is 2.24. The summed E-state index contributed by atoms with van der Waals surface area (Å²) in [6, 6.07) is 19.1. The molecule has 3 rings (SSSR count). The molecule has 0 saturated carbocycles. The molecule has 5 heteroatoms. The SMILES string of the molecule is CC(=O)c1cc(Oc2ccc(N)cc2)cc(Oc2ccc(N)cc2)c1. The van der Waals surface area contributed by atoms with E-state index >= 15 is 0 Å². The monoisotopic (exact) mass is 334 g/mol. The standard InChI is InChI=1S/C20H18N2O3/c1-13(23)14-10-19(24-17-6-2-15(21)3-7-17)12-20(11-14)25-18-8-4-16(22)5-9-18/h2-12H,21-22H2,1H3. The number of ether oxygens (including phenoxy) is 2. The molecule has 0 spiro atoms. The van der Waals surface area contributed by atoms with Crippen LogP contribution in [-0.2, 0) is 0 Å². The quantitative estimate of drug-likeness (QED) is 0.524. The molecular formula is C20H18N2O3. The van der Waals surface area contributed by atoms with Crippen LogP contribution in [0.25, 0.3) is 0 Å². The Morgan fingerprint density at radius 2 is 1.08 bits per heavy atom. The van der Waals surface area contributed by atoms with Gasteiger partial charge in [0.05, 0.1) is 0 Å². The van der Waals surface area contributed by atoms with Crippen LogP contribution >= 0.6 is 0 Å². The van der Waals surface area contributed by atoms with Crippen molar-refractivity contribution in [3.63, 3.8) is 0 Å². The Balaban J connectivity index is 1.89. The van der Waals surface area contributed by atoms with Crippen molar-refractivity contribution in [2.45, 2.75) is 6.92 Å². The van der Waals surface area contributed by atoms with Crippen molar-refractivity contribution >= 4 is 17.2 Å². The Morgan fingerprint density at radius 3 is 1.44 bits per heavy atom. The number of benzene rings is 3. The molecule has 0 atom stereocenters. The van der Waals surface area contributed by atoms with Gasteiger partial charge in [0.2, 0.25) is 0 Å². The number of ketones is 1. The van der Waals surface area contributed by atoms with E-state index in [4.69, 9.17) is 20.9 Å². The second-order valence-corrected chi connectivity index (χ2v) is 5.59. The summed E-state index contributed by atoms with van der Waals surface area (Å²) in [6.45, 7) is 1.50. The first kappa shape index (κ1) is 16.4. The topological polar surface area (TPSA) is 87.6 Å². The zero-order chi connectivity index (χ0) is 17.8. The first-order valence-corrected chi connectivity index (χ1v) is 7.72. The predicted octanol–water partition coefficient (Wildman–Crippen LogP) is 4.64. The number of carbonyl (C=O) groups is 1. The van der Waals surface area contributed by atoms with Gasteiger partial charge >= 0.3 is 0 Å². The predicted molar refractivity (Wildman–Crippen MR) is 98.3 cm³/mol. The lowest BCUT2D eigenvalue weighted by atomic mass is 10.1. The van der Waals surface area contributed by atoms with Gasteiger partial charge in [-0.15, -0.1) is 0 Å². The first-order chi connectivity index (χ1) is 12.0. The summed E-state index contributed by atoms with van der Waals surface area (Å²) in [4.78, 5) is 11.8. The van der Waals surface area contributed by atoms with Crippen LogP contribution in [0.4, 0.5) is 11.4 Å². The van der Waals surface area contributed by atoms with Gasteiger partial charge in [0.15, 0.2) is 5.78 Å². The number of hydrogen-bond acceptors (Lipinski definition) is 5. The lowest BCUT2D eigenvalue weighted by Crippen LogP contribution is -1.96. The molecular weight excluding hydrogens is 316 g/mol. The van der Waals surface area contributed by atoms with Gasteiger partial charge in [-0.3, -0.25) is 4.79 Å². The maximum absolute atomic E-state index is 11.8. The van der Waals surface area contributed by atoms with Crippen molar-refractivity contribution in [2.75, 3.05) is 11.5 Å². The second-order valence-electron chi connectivity index (χ2n) is 5.59. The van der Waals surface area contributed by atoms with Crippen LogP contribution in [0.5, 0.6) is 23.0 Å². The van der Waals surface area contributed by atoms with Crippen LogP contribution in [0.3, 0.4) is 0 Å². The first-order valence-electron chi connectivity index (χ1n) is 7.72. The van der Waals surface area contributed by atoms with Crippen molar-refractivity contribution in [2.24, 2.45) is 0 Å². The Bertz CT molecular complexity index is 822. The molecule has 0 amide bonds. The summed E-state index contributed by atoms with van der Waals surface area (Å²) in [7, 11) is 0. The average Bonchev–Trinajstić information content (AvgIpc) is 2.59. The van der Waals surface area contributed by atoms with Gasteiger partial charge < -0.3 is 20.9 Å². The molecule has 3 aromatic carbocycles. The third kappa shape index (κ3) is 4.29. The van der Waals surface area contributed by atoms with Crippen molar-refractivity contribution in [1.82, 2.24) is 0 Å². The van der Waals surface area contributed by atoms with Crippen molar-refractivity contribution in [3.05, 3.63) is 72.3 Å². The van der Waals surface area contributed by atoms with Crippen LogP contribution in [0.15, 0.2) is 66.7 Å². The second kappa shape index (κ2) is 6.97. The fraction of sp³-hybridized carbons (Fsp3) is 0.0500. The number of hydrogen-bond donors (Lipinski definition) is 2. The number of anilines is 2. The van der Waals surface area contributed by atoms with E-state index in [-0.39, 0.29) is 5.78 Å². The maximum atomic E-state index is 11.8. The minimum absolute atomic E-state index is 0.0788. The van der Waals surface area contributed by atoms with Gasteiger partial charge in [-0.2, -0.15) is 0 Å². The maximum Gasteiger partial charge on any atom is 0.160 e. The van der Waals surface area contributed by atoms with Gasteiger partial charge in [-0.05, 0) is 67.6 Å². The number of Topliss-reactive ketones (excluding diaryl/α,β-unsaturated/α-hetero) is 1. The lowest BCUT2D eigenvalue weighted by Gasteiger charge is -2.11. The molecule has 0 saturated heterocycles. The number of nitrogens with two attached hydrogens (primary N) is 2. The minimum atomic E-state index is -0.0788. The normalized spacial score (nSPS) is 10.3. The van der Waals surface area contributed by atoms with Crippen LogP contribution in [0.2, 0.25) is 0 Å². The van der Waals surface area contributed by atoms with Gasteiger partial charge in [-0.25, -0.2) is 0 Å². The number of nitrogen functional groups attached to an aromatic ring is 2. The molecule has 5 nitrogen and oxygen atoms in total. The third-order valence-electron chi connectivity index (χ3n) is 3.52. The van der Waals surface area contributed by atoms with Crippen LogP contribution in [0, 0.1) is 0 Å². The Labute approximate surface area is 145 Å².